The van der Waals surface area contributed by atoms with Crippen LogP contribution < -0.4 is 10.1 Å². The van der Waals surface area contributed by atoms with Gasteiger partial charge in [-0.15, -0.1) is 0 Å². The molecule has 0 saturated carbocycles. The van der Waals surface area contributed by atoms with Crippen LogP contribution in [0.25, 0.3) is 0 Å². The number of para-hydroxylation sites is 1. The summed E-state index contributed by atoms with van der Waals surface area (Å²) in [6, 6.07) is 4.10. The topological polar surface area (TPSA) is 111 Å². The van der Waals surface area contributed by atoms with E-state index in [9.17, 15) is 19.7 Å². The van der Waals surface area contributed by atoms with E-state index in [1.54, 1.807) is 25.7 Å². The van der Waals surface area contributed by atoms with Crippen LogP contribution in [-0.2, 0) is 4.74 Å². The van der Waals surface area contributed by atoms with Crippen molar-refractivity contribution in [2.75, 3.05) is 13.1 Å². The molecule has 2 amide bonds. The lowest BCUT2D eigenvalue weighted by Crippen LogP contribution is -2.46. The highest BCUT2D eigenvalue weighted by Gasteiger charge is 2.35. The number of hydrogen-bond donors (Lipinski definition) is 1. The molecule has 0 radical (unpaired) electrons. The van der Waals surface area contributed by atoms with Gasteiger partial charge in [0.25, 0.3) is 5.91 Å². The van der Waals surface area contributed by atoms with Crippen LogP contribution in [0.2, 0.25) is 0 Å². The summed E-state index contributed by atoms with van der Waals surface area (Å²) in [5.74, 6) is -0.421. The lowest BCUT2D eigenvalue weighted by molar-refractivity contribution is -0.386. The molecule has 0 bridgehead atoms. The lowest BCUT2D eigenvalue weighted by atomic mass is 10.1. The SMILES string of the molecule is CC(C)N1C[C@H](CNC(=O)OC(C)(C)C)Oc2c(cccc2[N+](=O)[O-])C1=O. The van der Waals surface area contributed by atoms with Crippen molar-refractivity contribution in [1.82, 2.24) is 10.2 Å². The first kappa shape index (κ1) is 20.5. The molecule has 1 heterocycles. The third-order valence-corrected chi connectivity index (χ3v) is 3.86. The van der Waals surface area contributed by atoms with Crippen LogP contribution in [0.4, 0.5) is 10.5 Å². The van der Waals surface area contributed by atoms with E-state index < -0.39 is 22.7 Å². The normalized spacial score (nSPS) is 17.0. The number of carbonyl (C=O) groups is 2. The van der Waals surface area contributed by atoms with Crippen LogP contribution in [0, 0.1) is 10.1 Å². The summed E-state index contributed by atoms with van der Waals surface area (Å²) in [6.45, 7) is 9.14. The van der Waals surface area contributed by atoms with Crippen molar-refractivity contribution < 1.29 is 24.0 Å². The van der Waals surface area contributed by atoms with E-state index in [0.29, 0.717) is 0 Å². The Morgan fingerprint density at radius 2 is 2.11 bits per heavy atom. The maximum atomic E-state index is 12.8. The number of nitrogens with one attached hydrogen (secondary N) is 1. The van der Waals surface area contributed by atoms with Crippen molar-refractivity contribution in [3.8, 4) is 5.75 Å². The van der Waals surface area contributed by atoms with Crippen molar-refractivity contribution in [1.29, 1.82) is 0 Å². The second-order valence-corrected chi connectivity index (χ2v) is 7.58. The molecule has 0 unspecified atom stereocenters. The fraction of sp³-hybridized carbons (Fsp3) is 0.556. The van der Waals surface area contributed by atoms with Crippen LogP contribution in [0.5, 0.6) is 5.75 Å². The van der Waals surface area contributed by atoms with Gasteiger partial charge in [0.15, 0.2) is 0 Å². The molecule has 0 fully saturated rings. The molecule has 0 spiro atoms. The van der Waals surface area contributed by atoms with Crippen LogP contribution in [0.3, 0.4) is 0 Å². The molecule has 27 heavy (non-hydrogen) atoms. The Labute approximate surface area is 157 Å². The summed E-state index contributed by atoms with van der Waals surface area (Å²) in [5, 5.41) is 13.9. The number of fused-ring (bicyclic) bond motifs is 1. The number of amides is 2. The van der Waals surface area contributed by atoms with Gasteiger partial charge in [-0.1, -0.05) is 6.07 Å². The molecule has 1 N–H and O–H groups in total. The molecule has 2 rings (SSSR count). The Balaban J connectivity index is 2.29. The van der Waals surface area contributed by atoms with Gasteiger partial charge < -0.3 is 19.7 Å². The first-order valence-corrected chi connectivity index (χ1v) is 8.71. The zero-order valence-corrected chi connectivity index (χ0v) is 16.1. The van der Waals surface area contributed by atoms with Gasteiger partial charge in [0, 0.05) is 12.1 Å². The highest BCUT2D eigenvalue weighted by atomic mass is 16.6. The molecular weight excluding hydrogens is 354 g/mol. The van der Waals surface area contributed by atoms with Crippen LogP contribution in [-0.4, -0.2) is 52.7 Å². The molecule has 0 aromatic heterocycles. The maximum Gasteiger partial charge on any atom is 0.407 e. The maximum absolute atomic E-state index is 12.8. The summed E-state index contributed by atoms with van der Waals surface area (Å²) >= 11 is 0. The minimum atomic E-state index is -0.661. The number of hydrogen-bond acceptors (Lipinski definition) is 6. The third kappa shape index (κ3) is 5.08. The van der Waals surface area contributed by atoms with Gasteiger partial charge in [0.2, 0.25) is 5.75 Å². The van der Waals surface area contributed by atoms with Gasteiger partial charge in [-0.25, -0.2) is 4.79 Å². The molecule has 9 nitrogen and oxygen atoms in total. The fourth-order valence-corrected chi connectivity index (χ4v) is 2.68. The predicted molar refractivity (Wildman–Crippen MR) is 97.9 cm³/mol. The van der Waals surface area contributed by atoms with E-state index in [1.165, 1.54) is 18.2 Å². The average Bonchev–Trinajstić information content (AvgIpc) is 2.68. The standard InChI is InChI=1S/C18H25N3O6/c1-11(2)20-10-12(9-19-17(23)27-18(3,4)5)26-15-13(16(20)22)7-6-8-14(15)21(24)25/h6-8,11-12H,9-10H2,1-5H3,(H,19,23)/t12-/m0/s1. The number of alkyl carbamates (subject to hydrolysis) is 1. The van der Waals surface area contributed by atoms with E-state index in [2.05, 4.69) is 5.32 Å². The highest BCUT2D eigenvalue weighted by molar-refractivity contribution is 5.98. The van der Waals surface area contributed by atoms with Crippen molar-refractivity contribution in [2.24, 2.45) is 0 Å². The molecule has 1 aliphatic rings. The molecule has 0 saturated heterocycles. The molecule has 148 valence electrons. The number of carbonyl (C=O) groups excluding carboxylic acids is 2. The zero-order valence-electron chi connectivity index (χ0n) is 16.1. The fourth-order valence-electron chi connectivity index (χ4n) is 2.68. The Bertz CT molecular complexity index is 741. The summed E-state index contributed by atoms with van der Waals surface area (Å²) in [6.07, 6.45) is -1.29. The second-order valence-electron chi connectivity index (χ2n) is 7.58. The van der Waals surface area contributed by atoms with E-state index in [-0.39, 0.29) is 42.0 Å². The minimum Gasteiger partial charge on any atom is -0.479 e. The number of rotatable bonds is 4. The van der Waals surface area contributed by atoms with Crippen molar-refractivity contribution in [3.63, 3.8) is 0 Å². The van der Waals surface area contributed by atoms with E-state index in [0.717, 1.165) is 0 Å². The Morgan fingerprint density at radius 1 is 1.44 bits per heavy atom. The molecule has 1 aromatic carbocycles. The molecule has 0 aliphatic carbocycles. The second kappa shape index (κ2) is 7.81. The smallest absolute Gasteiger partial charge is 0.407 e. The molecule has 1 aromatic rings. The highest BCUT2D eigenvalue weighted by Crippen LogP contribution is 2.35. The van der Waals surface area contributed by atoms with Gasteiger partial charge in [-0.3, -0.25) is 14.9 Å². The van der Waals surface area contributed by atoms with E-state index in [4.69, 9.17) is 9.47 Å². The van der Waals surface area contributed by atoms with E-state index >= 15 is 0 Å². The number of benzene rings is 1. The van der Waals surface area contributed by atoms with Crippen LogP contribution >= 0.6 is 0 Å². The predicted octanol–water partition coefficient (Wildman–Crippen LogP) is 2.73. The average molecular weight is 379 g/mol. The summed E-state index contributed by atoms with van der Waals surface area (Å²) in [4.78, 5) is 37.1. The quantitative estimate of drug-likeness (QED) is 0.636. The number of nitro groups is 1. The lowest BCUT2D eigenvalue weighted by Gasteiger charge is -2.28. The van der Waals surface area contributed by atoms with Gasteiger partial charge in [0.05, 0.1) is 23.6 Å². The first-order valence-electron chi connectivity index (χ1n) is 8.71. The van der Waals surface area contributed by atoms with Gasteiger partial charge in [-0.2, -0.15) is 0 Å². The van der Waals surface area contributed by atoms with Gasteiger partial charge in [0.1, 0.15) is 11.7 Å². The van der Waals surface area contributed by atoms with Crippen LogP contribution in [0.1, 0.15) is 45.0 Å². The molecule has 1 atom stereocenters. The van der Waals surface area contributed by atoms with Crippen molar-refractivity contribution >= 4 is 17.7 Å². The molecule has 9 heteroatoms. The first-order chi connectivity index (χ1) is 12.5. The third-order valence-electron chi connectivity index (χ3n) is 3.86. The number of ether oxygens (including phenoxy) is 2. The molecular formula is C18H25N3O6. The number of nitro benzene ring substituents is 1. The van der Waals surface area contributed by atoms with Crippen molar-refractivity contribution in [3.05, 3.63) is 33.9 Å². The summed E-state index contributed by atoms with van der Waals surface area (Å²) in [5.41, 5.74) is -0.800. The van der Waals surface area contributed by atoms with Crippen LogP contribution in [0.15, 0.2) is 18.2 Å². The van der Waals surface area contributed by atoms with Crippen molar-refractivity contribution in [2.45, 2.75) is 52.4 Å². The van der Waals surface area contributed by atoms with Gasteiger partial charge in [-0.05, 0) is 40.7 Å². The monoisotopic (exact) mass is 379 g/mol. The van der Waals surface area contributed by atoms with Gasteiger partial charge >= 0.3 is 11.8 Å². The summed E-state index contributed by atoms with van der Waals surface area (Å²) in [7, 11) is 0. The largest absolute Gasteiger partial charge is 0.479 e. The zero-order chi connectivity index (χ0) is 20.4. The Hall–Kier alpha value is -2.84. The number of nitrogens with zero attached hydrogens (tertiary/aromatic N) is 2. The van der Waals surface area contributed by atoms with E-state index in [1.807, 2.05) is 13.8 Å². The summed E-state index contributed by atoms with van der Waals surface area (Å²) < 4.78 is 11.0. The Kier molecular flexibility index (Phi) is 5.92. The minimum absolute atomic E-state index is 0.0386. The molecule has 1 aliphatic heterocycles. The Morgan fingerprint density at radius 3 is 2.67 bits per heavy atom.